The van der Waals surface area contributed by atoms with Gasteiger partial charge in [-0.05, 0) is 36.8 Å². The van der Waals surface area contributed by atoms with E-state index in [4.69, 9.17) is 11.6 Å². The number of rotatable bonds is 4. The molecule has 0 amide bonds. The van der Waals surface area contributed by atoms with Crippen LogP contribution < -0.4 is 11.2 Å². The van der Waals surface area contributed by atoms with E-state index in [2.05, 4.69) is 15.9 Å². The third-order valence-corrected chi connectivity index (χ3v) is 4.80. The highest BCUT2D eigenvalue weighted by molar-refractivity contribution is 9.10. The van der Waals surface area contributed by atoms with Gasteiger partial charge in [-0.15, -0.1) is 0 Å². The molecule has 1 N–H and O–H groups in total. The molecule has 0 spiro atoms. The molecular weight excluding hydrogens is 427 g/mol. The molecule has 26 heavy (non-hydrogen) atoms. The Morgan fingerprint density at radius 3 is 2.42 bits per heavy atom. The lowest BCUT2D eigenvalue weighted by atomic mass is 10.2. The van der Waals surface area contributed by atoms with Crippen LogP contribution in [0.15, 0.2) is 50.5 Å². The number of aliphatic hydroxyl groups is 1. The Balaban J connectivity index is 2.30. The summed E-state index contributed by atoms with van der Waals surface area (Å²) in [6.45, 7) is 1.35. The fourth-order valence-corrected chi connectivity index (χ4v) is 3.21. The van der Waals surface area contributed by atoms with Crippen LogP contribution in [-0.2, 0) is 13.1 Å². The maximum atomic E-state index is 14.5. The summed E-state index contributed by atoms with van der Waals surface area (Å²) < 4.78 is 17.5. The predicted octanol–water partition coefficient (Wildman–Crippen LogP) is 3.15. The average Bonchev–Trinajstić information content (AvgIpc) is 2.59. The Bertz CT molecular complexity index is 1090. The molecule has 0 unspecified atom stereocenters. The summed E-state index contributed by atoms with van der Waals surface area (Å²) in [6.07, 6.45) is -0.909. The fourth-order valence-electron chi connectivity index (χ4n) is 2.80. The van der Waals surface area contributed by atoms with Gasteiger partial charge in [0.2, 0.25) is 0 Å². The van der Waals surface area contributed by atoms with Crippen molar-refractivity contribution in [2.45, 2.75) is 26.1 Å². The lowest BCUT2D eigenvalue weighted by molar-refractivity contribution is 0.172. The second kappa shape index (κ2) is 7.34. The van der Waals surface area contributed by atoms with E-state index in [1.165, 1.54) is 19.1 Å². The first kappa shape index (κ1) is 18.8. The molecule has 0 bridgehead atoms. The van der Waals surface area contributed by atoms with Crippen molar-refractivity contribution < 1.29 is 9.50 Å². The van der Waals surface area contributed by atoms with E-state index in [1.807, 2.05) is 0 Å². The fraction of sp³-hybridized carbons (Fsp3) is 0.222. The molecule has 136 valence electrons. The Labute approximate surface area is 161 Å². The molecule has 1 heterocycles. The summed E-state index contributed by atoms with van der Waals surface area (Å²) in [5.74, 6) is -0.852. The van der Waals surface area contributed by atoms with Gasteiger partial charge in [-0.3, -0.25) is 13.9 Å². The number of hydrogen-bond acceptors (Lipinski definition) is 3. The lowest BCUT2D eigenvalue weighted by Crippen LogP contribution is -2.42. The first-order valence-electron chi connectivity index (χ1n) is 7.83. The third kappa shape index (κ3) is 3.47. The molecule has 8 heteroatoms. The van der Waals surface area contributed by atoms with Crippen molar-refractivity contribution in [2.75, 3.05) is 0 Å². The van der Waals surface area contributed by atoms with Crippen LogP contribution in [0.4, 0.5) is 4.39 Å². The van der Waals surface area contributed by atoms with Gasteiger partial charge in [0.1, 0.15) is 0 Å². The third-order valence-electron chi connectivity index (χ3n) is 3.98. The number of aromatic nitrogens is 2. The molecule has 1 aromatic heterocycles. The molecule has 1 atom stereocenters. The number of halogens is 3. The summed E-state index contributed by atoms with van der Waals surface area (Å²) in [5, 5.41) is 9.56. The zero-order valence-corrected chi connectivity index (χ0v) is 16.1. The zero-order chi connectivity index (χ0) is 19.0. The van der Waals surface area contributed by atoms with Crippen LogP contribution in [0.25, 0.3) is 10.9 Å². The minimum Gasteiger partial charge on any atom is -0.392 e. The first-order chi connectivity index (χ1) is 12.3. The number of fused-ring (bicyclic) bond motifs is 1. The highest BCUT2D eigenvalue weighted by atomic mass is 79.9. The number of aliphatic hydroxyl groups excluding tert-OH is 1. The maximum absolute atomic E-state index is 14.5. The van der Waals surface area contributed by atoms with Gasteiger partial charge in [-0.25, -0.2) is 9.18 Å². The highest BCUT2D eigenvalue weighted by Gasteiger charge is 2.19. The Morgan fingerprint density at radius 2 is 1.81 bits per heavy atom. The van der Waals surface area contributed by atoms with Crippen LogP contribution in [0.5, 0.6) is 0 Å². The van der Waals surface area contributed by atoms with Crippen molar-refractivity contribution in [3.05, 3.63) is 78.1 Å². The van der Waals surface area contributed by atoms with Crippen molar-refractivity contribution in [1.29, 1.82) is 0 Å². The second-order valence-corrected chi connectivity index (χ2v) is 7.34. The SMILES string of the molecule is C[C@@H](O)Cn1c(=O)n(Cc2ccc(Br)cc2)c(=O)c2ccc(Cl)c(F)c21. The standard InChI is InChI=1S/C18H15BrClFN2O3/c1-10(24)8-22-16-13(6-7-14(20)15(16)21)17(25)23(18(22)26)9-11-2-4-12(19)5-3-11/h2-7,10,24H,8-9H2,1H3/t10-/m1/s1. The highest BCUT2D eigenvalue weighted by Crippen LogP contribution is 2.22. The van der Waals surface area contributed by atoms with E-state index < -0.39 is 23.2 Å². The first-order valence-corrected chi connectivity index (χ1v) is 9.00. The number of nitrogens with zero attached hydrogens (tertiary/aromatic N) is 2. The molecule has 0 aliphatic rings. The minimum absolute atomic E-state index is 0.0317. The van der Waals surface area contributed by atoms with Gasteiger partial charge in [-0.1, -0.05) is 39.7 Å². The molecule has 0 radical (unpaired) electrons. The van der Waals surface area contributed by atoms with Crippen LogP contribution >= 0.6 is 27.5 Å². The van der Waals surface area contributed by atoms with Crippen LogP contribution in [0.3, 0.4) is 0 Å². The monoisotopic (exact) mass is 440 g/mol. The van der Waals surface area contributed by atoms with Crippen molar-refractivity contribution in [2.24, 2.45) is 0 Å². The molecule has 5 nitrogen and oxygen atoms in total. The average molecular weight is 442 g/mol. The van der Waals surface area contributed by atoms with Crippen LogP contribution in [0.1, 0.15) is 12.5 Å². The van der Waals surface area contributed by atoms with Gasteiger partial charge in [0.05, 0.1) is 35.1 Å². The molecule has 0 saturated carbocycles. The van der Waals surface area contributed by atoms with Gasteiger partial charge in [0.25, 0.3) is 5.56 Å². The largest absolute Gasteiger partial charge is 0.392 e. The van der Waals surface area contributed by atoms with Crippen LogP contribution in [0.2, 0.25) is 5.02 Å². The van der Waals surface area contributed by atoms with Crippen LogP contribution in [0, 0.1) is 5.82 Å². The quantitative estimate of drug-likeness (QED) is 0.676. The summed E-state index contributed by atoms with van der Waals surface area (Å²) >= 11 is 9.15. The number of hydrogen-bond donors (Lipinski definition) is 1. The van der Waals surface area contributed by atoms with Crippen molar-refractivity contribution in [3.8, 4) is 0 Å². The second-order valence-electron chi connectivity index (χ2n) is 6.02. The molecular formula is C18H15BrClFN2O3. The van der Waals surface area contributed by atoms with Gasteiger partial charge >= 0.3 is 5.69 Å². The summed E-state index contributed by atoms with van der Waals surface area (Å²) in [5.41, 5.74) is -0.761. The van der Waals surface area contributed by atoms with E-state index in [-0.39, 0.29) is 29.0 Å². The molecule has 3 aromatic rings. The topological polar surface area (TPSA) is 64.2 Å². The van der Waals surface area contributed by atoms with Gasteiger partial charge in [0.15, 0.2) is 5.82 Å². The number of benzene rings is 2. The van der Waals surface area contributed by atoms with Gasteiger partial charge in [-0.2, -0.15) is 0 Å². The molecule has 0 fully saturated rings. The van der Waals surface area contributed by atoms with Crippen LogP contribution in [-0.4, -0.2) is 20.3 Å². The van der Waals surface area contributed by atoms with E-state index in [9.17, 15) is 19.1 Å². The smallest absolute Gasteiger partial charge is 0.331 e. The zero-order valence-electron chi connectivity index (χ0n) is 13.7. The molecule has 0 aliphatic heterocycles. The predicted molar refractivity (Wildman–Crippen MR) is 102 cm³/mol. The van der Waals surface area contributed by atoms with Crippen molar-refractivity contribution in [1.82, 2.24) is 9.13 Å². The molecule has 2 aromatic carbocycles. The molecule has 0 saturated heterocycles. The molecule has 0 aliphatic carbocycles. The maximum Gasteiger partial charge on any atom is 0.331 e. The van der Waals surface area contributed by atoms with Gasteiger partial charge < -0.3 is 5.11 Å². The normalized spacial score (nSPS) is 12.5. The summed E-state index contributed by atoms with van der Waals surface area (Å²) in [7, 11) is 0. The van der Waals surface area contributed by atoms with Gasteiger partial charge in [0, 0.05) is 4.47 Å². The Hall–Kier alpha value is -1.96. The van der Waals surface area contributed by atoms with Crippen molar-refractivity contribution in [3.63, 3.8) is 0 Å². The van der Waals surface area contributed by atoms with Crippen molar-refractivity contribution >= 4 is 38.4 Å². The Morgan fingerprint density at radius 1 is 1.15 bits per heavy atom. The molecule has 3 rings (SSSR count). The Kier molecular flexibility index (Phi) is 5.32. The van der Waals surface area contributed by atoms with E-state index in [0.29, 0.717) is 0 Å². The summed E-state index contributed by atoms with van der Waals surface area (Å²) in [4.78, 5) is 25.7. The van der Waals surface area contributed by atoms with E-state index >= 15 is 0 Å². The minimum atomic E-state index is -0.909. The van der Waals surface area contributed by atoms with E-state index in [1.54, 1.807) is 24.3 Å². The lowest BCUT2D eigenvalue weighted by Gasteiger charge is -2.16. The summed E-state index contributed by atoms with van der Waals surface area (Å²) in [6, 6.07) is 9.83. The van der Waals surface area contributed by atoms with E-state index in [0.717, 1.165) is 19.2 Å².